The van der Waals surface area contributed by atoms with Crippen LogP contribution in [0.3, 0.4) is 0 Å². The Kier molecular flexibility index (Phi) is 5.31. The number of Topliss-reactive ketones (excluding diaryl/α,β-unsaturated/α-hetero) is 1. The predicted molar refractivity (Wildman–Crippen MR) is 121 cm³/mol. The summed E-state index contributed by atoms with van der Waals surface area (Å²) in [5.74, 6) is -2.12. The molecule has 32 heavy (non-hydrogen) atoms. The van der Waals surface area contributed by atoms with Crippen LogP contribution in [-0.4, -0.2) is 21.9 Å². The number of benzene rings is 2. The molecule has 0 amide bonds. The zero-order chi connectivity index (χ0) is 22.4. The smallest absolute Gasteiger partial charge is 0.187 e. The summed E-state index contributed by atoms with van der Waals surface area (Å²) in [6.45, 7) is 2.27. The molecule has 0 saturated heterocycles. The topological polar surface area (TPSA) is 62.2 Å². The van der Waals surface area contributed by atoms with Crippen LogP contribution in [0.4, 0.5) is 14.5 Å². The van der Waals surface area contributed by atoms with Gasteiger partial charge in [-0.3, -0.25) is 9.78 Å². The first kappa shape index (κ1) is 20.9. The van der Waals surface area contributed by atoms with E-state index in [1.165, 1.54) is 0 Å². The van der Waals surface area contributed by atoms with Crippen molar-refractivity contribution in [2.45, 2.75) is 51.5 Å². The summed E-state index contributed by atoms with van der Waals surface area (Å²) in [4.78, 5) is 17.6. The van der Waals surface area contributed by atoms with Gasteiger partial charge in [-0.25, -0.2) is 8.78 Å². The number of phenols is 1. The van der Waals surface area contributed by atoms with Gasteiger partial charge >= 0.3 is 0 Å². The average molecular weight is 437 g/mol. The van der Waals surface area contributed by atoms with Gasteiger partial charge in [0.1, 0.15) is 0 Å². The minimum absolute atomic E-state index is 0.0599. The number of pyridine rings is 1. The third-order valence-corrected chi connectivity index (χ3v) is 6.80. The molecule has 2 aromatic carbocycles. The zero-order valence-electron chi connectivity index (χ0n) is 18.0. The van der Waals surface area contributed by atoms with Gasteiger partial charge in [-0.2, -0.15) is 0 Å². The van der Waals surface area contributed by atoms with Gasteiger partial charge in [-0.1, -0.05) is 13.0 Å². The Morgan fingerprint density at radius 2 is 1.69 bits per heavy atom. The van der Waals surface area contributed by atoms with E-state index in [4.69, 9.17) is 0 Å². The molecule has 0 unspecified atom stereocenters. The molecule has 2 saturated carbocycles. The Balaban J connectivity index is 1.62. The van der Waals surface area contributed by atoms with E-state index in [-0.39, 0.29) is 17.7 Å². The molecule has 3 aromatic rings. The molecule has 0 aliphatic heterocycles. The number of nitrogens with one attached hydrogen (secondary N) is 1. The fourth-order valence-electron chi connectivity index (χ4n) is 4.62. The number of aromatic hydroxyl groups is 1. The molecule has 1 aromatic heterocycles. The molecule has 2 fully saturated rings. The summed E-state index contributed by atoms with van der Waals surface area (Å²) in [6.07, 6.45) is 7.84. The number of nitrogens with zero attached hydrogens (tertiary/aromatic N) is 1. The molecular weight excluding hydrogens is 410 g/mol. The van der Waals surface area contributed by atoms with Crippen LogP contribution in [0.2, 0.25) is 0 Å². The number of carbonyl (C=O) groups excluding carboxylic acids is 1. The summed E-state index contributed by atoms with van der Waals surface area (Å²) in [6, 6.07) is 7.87. The van der Waals surface area contributed by atoms with Gasteiger partial charge in [0.15, 0.2) is 23.2 Å². The van der Waals surface area contributed by atoms with Gasteiger partial charge in [0.2, 0.25) is 0 Å². The average Bonchev–Trinajstić information content (AvgIpc) is 3.63. The predicted octanol–water partition coefficient (Wildman–Crippen LogP) is 6.47. The maximum Gasteiger partial charge on any atom is 0.187 e. The van der Waals surface area contributed by atoms with E-state index in [0.29, 0.717) is 28.1 Å². The van der Waals surface area contributed by atoms with Crippen LogP contribution in [0, 0.1) is 23.5 Å². The third-order valence-electron chi connectivity index (χ3n) is 6.80. The maximum absolute atomic E-state index is 14.0. The lowest BCUT2D eigenvalue weighted by Crippen LogP contribution is -2.26. The van der Waals surface area contributed by atoms with E-state index in [1.807, 2.05) is 6.07 Å². The lowest BCUT2D eigenvalue weighted by Gasteiger charge is -2.29. The number of rotatable bonds is 5. The summed E-state index contributed by atoms with van der Waals surface area (Å²) in [5.41, 5.74) is 2.99. The van der Waals surface area contributed by atoms with Crippen LogP contribution >= 0.6 is 0 Å². The van der Waals surface area contributed by atoms with Crippen LogP contribution in [0.1, 0.15) is 55.8 Å². The van der Waals surface area contributed by atoms with E-state index in [0.717, 1.165) is 61.7 Å². The van der Waals surface area contributed by atoms with Crippen molar-refractivity contribution in [3.8, 4) is 16.9 Å². The fourth-order valence-corrected chi connectivity index (χ4v) is 4.62. The van der Waals surface area contributed by atoms with Crippen LogP contribution in [-0.2, 0) is 0 Å². The second kappa shape index (κ2) is 8.15. The van der Waals surface area contributed by atoms with Crippen molar-refractivity contribution < 1.29 is 18.7 Å². The molecule has 1 heterocycles. The number of halogens is 2. The Bertz CT molecular complexity index is 1170. The standard InChI is InChI=1S/C26H26F2N2O2/c1-14-2-7-18(8-3-14)30-24-19-10-16(17-11-21(27)26(32)22(28)12-17)6-9-23(19)29-13-20(24)25(31)15-4-5-15/h6,9-15,18,32H,2-5,7-8H2,1H3,(H,29,30)/t14-,18+. The number of hydrogen-bond donors (Lipinski definition) is 2. The number of hydrogen-bond acceptors (Lipinski definition) is 4. The first-order chi connectivity index (χ1) is 15.4. The first-order valence-electron chi connectivity index (χ1n) is 11.3. The summed E-state index contributed by atoms with van der Waals surface area (Å²) in [7, 11) is 0. The van der Waals surface area contributed by atoms with Crippen molar-refractivity contribution in [3.63, 3.8) is 0 Å². The number of ketones is 1. The van der Waals surface area contributed by atoms with Crippen molar-refractivity contribution in [2.75, 3.05) is 5.32 Å². The minimum atomic E-state index is -1.01. The van der Waals surface area contributed by atoms with Gasteiger partial charge in [0.25, 0.3) is 0 Å². The SMILES string of the molecule is C[C@H]1CC[C@@H](Nc2c(C(=O)C3CC3)cnc3ccc(-c4cc(F)c(O)c(F)c4)cc23)CC1. The van der Waals surface area contributed by atoms with Crippen molar-refractivity contribution >= 4 is 22.4 Å². The number of fused-ring (bicyclic) bond motifs is 1. The highest BCUT2D eigenvalue weighted by Gasteiger charge is 2.33. The van der Waals surface area contributed by atoms with E-state index >= 15 is 0 Å². The van der Waals surface area contributed by atoms with Gasteiger partial charge < -0.3 is 10.4 Å². The second-order valence-corrected chi connectivity index (χ2v) is 9.31. The summed E-state index contributed by atoms with van der Waals surface area (Å²) in [5, 5.41) is 13.8. The number of aromatic nitrogens is 1. The largest absolute Gasteiger partial charge is 0.503 e. The molecule has 4 nitrogen and oxygen atoms in total. The van der Waals surface area contributed by atoms with Crippen LogP contribution in [0.5, 0.6) is 5.75 Å². The Labute approximate surface area is 185 Å². The Hall–Kier alpha value is -3.02. The molecule has 6 heteroatoms. The lowest BCUT2D eigenvalue weighted by molar-refractivity contribution is 0.0968. The molecular formula is C26H26F2N2O2. The van der Waals surface area contributed by atoms with Crippen molar-refractivity contribution in [1.29, 1.82) is 0 Å². The Morgan fingerprint density at radius 1 is 1.00 bits per heavy atom. The van der Waals surface area contributed by atoms with E-state index in [9.17, 15) is 18.7 Å². The van der Waals surface area contributed by atoms with Crippen LogP contribution in [0.15, 0.2) is 36.5 Å². The normalized spacial score (nSPS) is 21.0. The molecule has 5 rings (SSSR count). The molecule has 0 atom stereocenters. The van der Waals surface area contributed by atoms with Crippen molar-refractivity contribution in [1.82, 2.24) is 4.98 Å². The highest BCUT2D eigenvalue weighted by atomic mass is 19.1. The third kappa shape index (κ3) is 3.94. The number of phenolic OH excluding ortho intramolecular Hbond substituents is 1. The van der Waals surface area contributed by atoms with Crippen molar-refractivity contribution in [3.05, 3.63) is 53.7 Å². The van der Waals surface area contributed by atoms with E-state index in [1.54, 1.807) is 18.3 Å². The summed E-state index contributed by atoms with van der Waals surface area (Å²) < 4.78 is 27.9. The lowest BCUT2D eigenvalue weighted by atomic mass is 9.87. The molecule has 0 radical (unpaired) electrons. The second-order valence-electron chi connectivity index (χ2n) is 9.31. The van der Waals surface area contributed by atoms with Crippen molar-refractivity contribution in [2.24, 2.45) is 11.8 Å². The van der Waals surface area contributed by atoms with Gasteiger partial charge in [0, 0.05) is 23.5 Å². The quantitative estimate of drug-likeness (QED) is 0.450. The van der Waals surface area contributed by atoms with E-state index in [2.05, 4.69) is 17.2 Å². The highest BCUT2D eigenvalue weighted by molar-refractivity contribution is 6.10. The Morgan fingerprint density at radius 3 is 2.34 bits per heavy atom. The first-order valence-corrected chi connectivity index (χ1v) is 11.3. The van der Waals surface area contributed by atoms with Gasteiger partial charge in [-0.05, 0) is 79.8 Å². The molecule has 2 aliphatic rings. The van der Waals surface area contributed by atoms with Gasteiger partial charge in [-0.15, -0.1) is 0 Å². The zero-order valence-corrected chi connectivity index (χ0v) is 18.0. The minimum Gasteiger partial charge on any atom is -0.503 e. The summed E-state index contributed by atoms with van der Waals surface area (Å²) >= 11 is 0. The number of carbonyl (C=O) groups is 1. The highest BCUT2D eigenvalue weighted by Crippen LogP contribution is 2.39. The maximum atomic E-state index is 14.0. The molecule has 0 spiro atoms. The monoisotopic (exact) mass is 436 g/mol. The molecule has 166 valence electrons. The van der Waals surface area contributed by atoms with Crippen LogP contribution < -0.4 is 5.32 Å². The van der Waals surface area contributed by atoms with Crippen LogP contribution in [0.25, 0.3) is 22.0 Å². The molecule has 2 N–H and O–H groups in total. The molecule has 0 bridgehead atoms. The van der Waals surface area contributed by atoms with Gasteiger partial charge in [0.05, 0.1) is 16.8 Å². The fraction of sp³-hybridized carbons (Fsp3) is 0.385. The number of anilines is 1. The molecule has 2 aliphatic carbocycles. The van der Waals surface area contributed by atoms with E-state index < -0.39 is 17.4 Å².